The molecule has 32 heavy (non-hydrogen) atoms. The van der Waals surface area contributed by atoms with E-state index < -0.39 is 35.4 Å². The van der Waals surface area contributed by atoms with Crippen LogP contribution >= 0.6 is 0 Å². The van der Waals surface area contributed by atoms with Gasteiger partial charge in [0, 0.05) is 37.0 Å². The van der Waals surface area contributed by atoms with Gasteiger partial charge in [-0.15, -0.1) is 0 Å². The van der Waals surface area contributed by atoms with Gasteiger partial charge in [0.2, 0.25) is 0 Å². The largest absolute Gasteiger partial charge is 0.507 e. The van der Waals surface area contributed by atoms with Gasteiger partial charge < -0.3 is 30.3 Å². The number of hydrogen-bond acceptors (Lipinski definition) is 8. The standard InChI is InChI=1S/C22H20N2O8/c1-11-8-12(18(26)24-13-5-7-17(25)14(9-13)19(27)28)4-6-16(11)23-10-15-20(29)31-22(2,3)32-21(15)30/h4-10,23,25H,1-3H3,(H,24,26)(H,27,28). The number of cyclic esters (lactones) is 2. The highest BCUT2D eigenvalue weighted by Gasteiger charge is 2.38. The van der Waals surface area contributed by atoms with Gasteiger partial charge in [-0.1, -0.05) is 0 Å². The molecule has 0 spiro atoms. The first-order chi connectivity index (χ1) is 15.0. The summed E-state index contributed by atoms with van der Waals surface area (Å²) < 4.78 is 10.0. The normalized spacial score (nSPS) is 14.8. The van der Waals surface area contributed by atoms with Gasteiger partial charge in [-0.2, -0.15) is 0 Å². The zero-order chi connectivity index (χ0) is 23.6. The van der Waals surface area contributed by atoms with Crippen molar-refractivity contribution in [2.24, 2.45) is 0 Å². The van der Waals surface area contributed by atoms with Crippen molar-refractivity contribution in [1.82, 2.24) is 0 Å². The molecule has 10 nitrogen and oxygen atoms in total. The monoisotopic (exact) mass is 440 g/mol. The first-order valence-electron chi connectivity index (χ1n) is 9.38. The molecule has 10 heteroatoms. The van der Waals surface area contributed by atoms with Gasteiger partial charge >= 0.3 is 17.9 Å². The van der Waals surface area contributed by atoms with Gasteiger partial charge in [0.25, 0.3) is 11.7 Å². The van der Waals surface area contributed by atoms with Crippen LogP contribution in [0.5, 0.6) is 5.75 Å². The average Bonchev–Trinajstić information content (AvgIpc) is 2.68. The molecule has 2 aromatic rings. The number of ether oxygens (including phenoxy) is 2. The van der Waals surface area contributed by atoms with Gasteiger partial charge in [-0.25, -0.2) is 14.4 Å². The summed E-state index contributed by atoms with van der Waals surface area (Å²) in [6.07, 6.45) is 1.17. The number of carboxylic acid groups (broad SMARTS) is 1. The number of nitrogens with one attached hydrogen (secondary N) is 2. The molecule has 0 radical (unpaired) electrons. The number of carboxylic acids is 1. The number of rotatable bonds is 5. The van der Waals surface area contributed by atoms with E-state index in [0.717, 1.165) is 6.07 Å². The van der Waals surface area contributed by atoms with Gasteiger partial charge in [-0.3, -0.25) is 4.79 Å². The number of amides is 1. The minimum atomic E-state index is -1.33. The summed E-state index contributed by atoms with van der Waals surface area (Å²) in [5.41, 5.74) is 0.999. The molecule has 2 aromatic carbocycles. The number of carbonyl (C=O) groups excluding carboxylic acids is 3. The summed E-state index contributed by atoms with van der Waals surface area (Å²) in [5.74, 6) is -5.21. The van der Waals surface area contributed by atoms with Crippen molar-refractivity contribution in [3.8, 4) is 5.75 Å². The quantitative estimate of drug-likeness (QED) is 0.238. The van der Waals surface area contributed by atoms with E-state index in [1.54, 1.807) is 19.1 Å². The van der Waals surface area contributed by atoms with Gasteiger partial charge in [0.15, 0.2) is 5.57 Å². The molecule has 0 atom stereocenters. The molecule has 166 valence electrons. The van der Waals surface area contributed by atoms with Crippen LogP contribution in [0, 0.1) is 6.92 Å². The fourth-order valence-corrected chi connectivity index (χ4v) is 2.88. The molecular weight excluding hydrogens is 420 g/mol. The van der Waals surface area contributed by atoms with E-state index in [9.17, 15) is 24.3 Å². The predicted molar refractivity (Wildman–Crippen MR) is 112 cm³/mol. The molecule has 0 aromatic heterocycles. The minimum Gasteiger partial charge on any atom is -0.507 e. The van der Waals surface area contributed by atoms with Crippen LogP contribution in [0.15, 0.2) is 48.2 Å². The first kappa shape index (κ1) is 22.3. The van der Waals surface area contributed by atoms with E-state index in [1.807, 2.05) is 0 Å². The average molecular weight is 440 g/mol. The molecule has 0 bridgehead atoms. The van der Waals surface area contributed by atoms with Crippen LogP contribution in [-0.2, 0) is 19.1 Å². The van der Waals surface area contributed by atoms with Crippen LogP contribution in [0.4, 0.5) is 11.4 Å². The smallest absolute Gasteiger partial charge is 0.350 e. The van der Waals surface area contributed by atoms with Crippen molar-refractivity contribution in [2.45, 2.75) is 26.6 Å². The lowest BCUT2D eigenvalue weighted by molar-refractivity contribution is -0.222. The number of aromatic carboxylic acids is 1. The molecular formula is C22H20N2O8. The van der Waals surface area contributed by atoms with Crippen LogP contribution in [0.2, 0.25) is 0 Å². The summed E-state index contributed by atoms with van der Waals surface area (Å²) in [4.78, 5) is 47.6. The lowest BCUT2D eigenvalue weighted by atomic mass is 10.1. The topological polar surface area (TPSA) is 151 Å². The highest BCUT2D eigenvalue weighted by atomic mass is 16.7. The Kier molecular flexibility index (Phi) is 5.88. The molecule has 1 aliphatic rings. The Morgan fingerprint density at radius 2 is 1.69 bits per heavy atom. The van der Waals surface area contributed by atoms with E-state index in [2.05, 4.69) is 10.6 Å². The van der Waals surface area contributed by atoms with Crippen molar-refractivity contribution in [3.05, 3.63) is 64.9 Å². The molecule has 0 saturated carbocycles. The van der Waals surface area contributed by atoms with Crippen molar-refractivity contribution in [1.29, 1.82) is 0 Å². The summed E-state index contributed by atoms with van der Waals surface area (Å²) in [7, 11) is 0. The van der Waals surface area contributed by atoms with Crippen molar-refractivity contribution in [2.75, 3.05) is 10.6 Å². The van der Waals surface area contributed by atoms with Crippen LogP contribution < -0.4 is 10.6 Å². The zero-order valence-corrected chi connectivity index (χ0v) is 17.4. The third-order valence-electron chi connectivity index (χ3n) is 4.46. The Labute approximate surface area is 182 Å². The number of carbonyl (C=O) groups is 4. The number of phenols is 1. The Morgan fingerprint density at radius 1 is 1.03 bits per heavy atom. The lowest BCUT2D eigenvalue weighted by Gasteiger charge is -2.29. The van der Waals surface area contributed by atoms with Crippen molar-refractivity contribution < 1.29 is 38.9 Å². The molecule has 1 amide bonds. The maximum atomic E-state index is 12.5. The minimum absolute atomic E-state index is 0.201. The maximum Gasteiger partial charge on any atom is 0.350 e. The van der Waals surface area contributed by atoms with Gasteiger partial charge in [0.1, 0.15) is 11.3 Å². The van der Waals surface area contributed by atoms with Gasteiger partial charge in [-0.05, 0) is 48.9 Å². The number of aromatic hydroxyl groups is 1. The summed E-state index contributed by atoms with van der Waals surface area (Å²) in [6.45, 7) is 4.60. The maximum absolute atomic E-state index is 12.5. The van der Waals surface area contributed by atoms with E-state index in [4.69, 9.17) is 14.6 Å². The Bertz CT molecular complexity index is 1140. The number of esters is 2. The summed E-state index contributed by atoms with van der Waals surface area (Å²) in [5, 5.41) is 24.0. The molecule has 3 rings (SSSR count). The second-order valence-electron chi connectivity index (χ2n) is 7.40. The molecule has 4 N–H and O–H groups in total. The molecule has 1 aliphatic heterocycles. The fraction of sp³-hybridized carbons (Fsp3) is 0.182. The fourth-order valence-electron chi connectivity index (χ4n) is 2.88. The third kappa shape index (κ3) is 4.86. The second kappa shape index (κ2) is 8.42. The SMILES string of the molecule is Cc1cc(C(=O)Nc2ccc(O)c(C(=O)O)c2)ccc1NC=C1C(=O)OC(C)(C)OC1=O. The highest BCUT2D eigenvalue weighted by molar-refractivity contribution is 6.15. The second-order valence-corrected chi connectivity index (χ2v) is 7.40. The molecule has 0 unspecified atom stereocenters. The number of benzene rings is 2. The molecule has 0 aliphatic carbocycles. The summed E-state index contributed by atoms with van der Waals surface area (Å²) in [6, 6.07) is 8.33. The zero-order valence-electron chi connectivity index (χ0n) is 17.4. The van der Waals surface area contributed by atoms with Gasteiger partial charge in [0.05, 0.1) is 0 Å². The first-order valence-corrected chi connectivity index (χ1v) is 9.38. The Balaban J connectivity index is 1.73. The molecule has 1 heterocycles. The van der Waals surface area contributed by atoms with Crippen LogP contribution in [-0.4, -0.2) is 39.8 Å². The lowest BCUT2D eigenvalue weighted by Crippen LogP contribution is -2.42. The van der Waals surface area contributed by atoms with E-state index in [0.29, 0.717) is 11.3 Å². The number of anilines is 2. The molecule has 1 saturated heterocycles. The van der Waals surface area contributed by atoms with Crippen LogP contribution in [0.1, 0.15) is 40.1 Å². The summed E-state index contributed by atoms with van der Waals surface area (Å²) >= 11 is 0. The number of aryl methyl sites for hydroxylation is 1. The van der Waals surface area contributed by atoms with Crippen LogP contribution in [0.25, 0.3) is 0 Å². The van der Waals surface area contributed by atoms with Crippen molar-refractivity contribution >= 4 is 35.2 Å². The third-order valence-corrected chi connectivity index (χ3v) is 4.46. The van der Waals surface area contributed by atoms with Crippen molar-refractivity contribution in [3.63, 3.8) is 0 Å². The van der Waals surface area contributed by atoms with E-state index in [1.165, 1.54) is 38.2 Å². The Morgan fingerprint density at radius 3 is 2.28 bits per heavy atom. The molecule has 1 fully saturated rings. The van der Waals surface area contributed by atoms with Crippen LogP contribution in [0.3, 0.4) is 0 Å². The number of hydrogen-bond donors (Lipinski definition) is 4. The predicted octanol–water partition coefficient (Wildman–Crippen LogP) is 2.78. The van der Waals surface area contributed by atoms with E-state index >= 15 is 0 Å². The Hall–Kier alpha value is -4.34. The van der Waals surface area contributed by atoms with E-state index in [-0.39, 0.29) is 22.4 Å². The highest BCUT2D eigenvalue weighted by Crippen LogP contribution is 2.25.